The Morgan fingerprint density at radius 3 is 2.72 bits per heavy atom. The Bertz CT molecular complexity index is 1370. The van der Waals surface area contributed by atoms with E-state index < -0.39 is 17.4 Å². The Balaban J connectivity index is 1.28. The van der Waals surface area contributed by atoms with Crippen LogP contribution in [0, 0.1) is 5.92 Å². The third-order valence-corrected chi connectivity index (χ3v) is 7.69. The van der Waals surface area contributed by atoms with Gasteiger partial charge in [0.05, 0.1) is 30.5 Å². The van der Waals surface area contributed by atoms with Gasteiger partial charge in [0.15, 0.2) is 5.60 Å². The summed E-state index contributed by atoms with van der Waals surface area (Å²) < 4.78 is 1.73. The summed E-state index contributed by atoms with van der Waals surface area (Å²) in [6.45, 7) is 3.79. The van der Waals surface area contributed by atoms with Crippen molar-refractivity contribution in [2.24, 2.45) is 5.92 Å². The molecule has 0 saturated carbocycles. The summed E-state index contributed by atoms with van der Waals surface area (Å²) in [7, 11) is 1.66. The van der Waals surface area contributed by atoms with E-state index in [1.54, 1.807) is 28.8 Å². The number of allylic oxidation sites excluding steroid dienone is 1. The fourth-order valence-electron chi connectivity index (χ4n) is 5.37. The lowest BCUT2D eigenvalue weighted by Gasteiger charge is -2.30. The largest absolute Gasteiger partial charge is 0.395 e. The number of carbonyl (C=O) groups is 2. The number of aliphatic hydroxyl groups excluding tert-OH is 1. The fraction of sp³-hybridized carbons (Fsp3) is 0.379. The second-order valence-electron chi connectivity index (χ2n) is 10.1. The van der Waals surface area contributed by atoms with Gasteiger partial charge in [-0.25, -0.2) is 0 Å². The molecule has 0 radical (unpaired) electrons. The highest BCUT2D eigenvalue weighted by Gasteiger charge is 2.51. The highest BCUT2D eigenvalue weighted by Crippen LogP contribution is 2.46. The third kappa shape index (κ3) is 4.98. The third-order valence-electron chi connectivity index (χ3n) is 7.69. The van der Waals surface area contributed by atoms with Crippen LogP contribution in [0.15, 0.2) is 66.9 Å². The van der Waals surface area contributed by atoms with Crippen LogP contribution < -0.4 is 15.1 Å². The number of amides is 2. The molecule has 10 nitrogen and oxygen atoms in total. The summed E-state index contributed by atoms with van der Waals surface area (Å²) in [5, 5.41) is 33.2. The van der Waals surface area contributed by atoms with Gasteiger partial charge < -0.3 is 25.3 Å². The van der Waals surface area contributed by atoms with E-state index in [-0.39, 0.29) is 25.0 Å². The summed E-state index contributed by atoms with van der Waals surface area (Å²) >= 11 is 0. The molecule has 3 atom stereocenters. The second kappa shape index (κ2) is 11.1. The minimum absolute atomic E-state index is 0.0410. The predicted octanol–water partition coefficient (Wildman–Crippen LogP) is 1.79. The van der Waals surface area contributed by atoms with Crippen molar-refractivity contribution in [3.63, 3.8) is 0 Å². The maximum Gasteiger partial charge on any atom is 0.264 e. The molecule has 2 aliphatic rings. The van der Waals surface area contributed by atoms with E-state index in [0.29, 0.717) is 48.7 Å². The van der Waals surface area contributed by atoms with Crippen LogP contribution in [0.2, 0.25) is 0 Å². The average Bonchev–Trinajstić information content (AvgIpc) is 3.50. The van der Waals surface area contributed by atoms with E-state index in [4.69, 9.17) is 0 Å². The lowest BCUT2D eigenvalue weighted by molar-refractivity contribution is -0.139. The summed E-state index contributed by atoms with van der Waals surface area (Å²) in [4.78, 5) is 28.8. The van der Waals surface area contributed by atoms with Crippen LogP contribution in [-0.2, 0) is 21.7 Å². The molecule has 0 bridgehead atoms. The highest BCUT2D eigenvalue weighted by atomic mass is 16.3. The molecule has 3 heterocycles. The Morgan fingerprint density at radius 1 is 1.18 bits per heavy atom. The molecule has 3 aromatic rings. The van der Waals surface area contributed by atoms with Crippen LogP contribution >= 0.6 is 0 Å². The zero-order valence-electron chi connectivity index (χ0n) is 22.2. The number of anilines is 2. The lowest BCUT2D eigenvalue weighted by atomic mass is 9.82. The van der Waals surface area contributed by atoms with Crippen molar-refractivity contribution in [2.75, 3.05) is 43.1 Å². The number of aliphatic hydroxyl groups is 2. The predicted molar refractivity (Wildman–Crippen MR) is 147 cm³/mol. The molecular weight excluding hydrogens is 496 g/mol. The van der Waals surface area contributed by atoms with Crippen LogP contribution in [0.3, 0.4) is 0 Å². The normalized spacial score (nSPS) is 21.0. The molecule has 204 valence electrons. The smallest absolute Gasteiger partial charge is 0.264 e. The monoisotopic (exact) mass is 530 g/mol. The van der Waals surface area contributed by atoms with Crippen molar-refractivity contribution < 1.29 is 19.8 Å². The van der Waals surface area contributed by atoms with Gasteiger partial charge in [0.2, 0.25) is 5.91 Å². The minimum Gasteiger partial charge on any atom is -0.395 e. The van der Waals surface area contributed by atoms with E-state index in [1.165, 1.54) is 4.90 Å². The van der Waals surface area contributed by atoms with E-state index in [9.17, 15) is 19.8 Å². The van der Waals surface area contributed by atoms with E-state index in [1.807, 2.05) is 61.7 Å². The van der Waals surface area contributed by atoms with Crippen molar-refractivity contribution in [3.05, 3.63) is 83.7 Å². The Hall–Kier alpha value is -3.86. The number of nitrogens with one attached hydrogen (secondary N) is 1. The van der Waals surface area contributed by atoms with Gasteiger partial charge >= 0.3 is 0 Å². The maximum absolute atomic E-state index is 13.3. The van der Waals surface area contributed by atoms with Crippen molar-refractivity contribution in [1.29, 1.82) is 0 Å². The van der Waals surface area contributed by atoms with Crippen LogP contribution in [0.1, 0.15) is 36.1 Å². The van der Waals surface area contributed by atoms with Gasteiger partial charge in [-0.15, -0.1) is 5.10 Å². The number of aryl methyl sites for hydroxylation is 1. The summed E-state index contributed by atoms with van der Waals surface area (Å²) in [5.74, 6) is -1.18. The van der Waals surface area contributed by atoms with Crippen molar-refractivity contribution in [1.82, 2.24) is 20.3 Å². The van der Waals surface area contributed by atoms with E-state index >= 15 is 0 Å². The molecule has 39 heavy (non-hydrogen) atoms. The van der Waals surface area contributed by atoms with Crippen molar-refractivity contribution in [2.45, 2.75) is 31.4 Å². The lowest BCUT2D eigenvalue weighted by Crippen LogP contribution is -2.48. The van der Waals surface area contributed by atoms with Gasteiger partial charge in [0.25, 0.3) is 5.91 Å². The Morgan fingerprint density at radius 2 is 1.97 bits per heavy atom. The molecule has 2 aliphatic heterocycles. The Kier molecular flexibility index (Phi) is 7.60. The fourth-order valence-corrected chi connectivity index (χ4v) is 5.37. The zero-order valence-corrected chi connectivity index (χ0v) is 22.2. The molecule has 3 N–H and O–H groups in total. The van der Waals surface area contributed by atoms with E-state index in [0.717, 1.165) is 5.56 Å². The average molecular weight is 531 g/mol. The number of hydrogen-bond acceptors (Lipinski definition) is 7. The van der Waals surface area contributed by atoms with Crippen LogP contribution in [0.4, 0.5) is 11.4 Å². The topological polar surface area (TPSA) is 124 Å². The van der Waals surface area contributed by atoms with Gasteiger partial charge in [-0.3, -0.25) is 14.3 Å². The van der Waals surface area contributed by atoms with E-state index in [2.05, 4.69) is 15.6 Å². The van der Waals surface area contributed by atoms with Gasteiger partial charge in [-0.2, -0.15) is 0 Å². The first kappa shape index (κ1) is 26.7. The summed E-state index contributed by atoms with van der Waals surface area (Å²) in [6.07, 6.45) is 6.23. The number of piperazine rings is 1. The van der Waals surface area contributed by atoms with Gasteiger partial charge in [-0.05, 0) is 30.2 Å². The molecule has 1 unspecified atom stereocenters. The molecule has 2 aromatic carbocycles. The second-order valence-corrected chi connectivity index (χ2v) is 10.1. The number of rotatable bonds is 9. The number of nitrogens with zero attached hydrogens (tertiary/aromatic N) is 5. The summed E-state index contributed by atoms with van der Waals surface area (Å²) in [6, 6.07) is 15.1. The van der Waals surface area contributed by atoms with Crippen LogP contribution in [0.5, 0.6) is 0 Å². The standard InChI is InChI=1S/C29H34N6O4/c1-20(8-6-7-14-34-18-25(31-32-34)23(19-36)21-9-4-3-5-10-21)29(39)24-16-22(35-15-13-30-17-27(35)37)11-12-26(24)33(2)28(29)38/h3-6,8-12,16,18,20,23,30,36,39H,7,13-15,17,19H2,1-2H3/b8-6+/t20-,23?,29+/m1/s1. The quantitative estimate of drug-likeness (QED) is 0.361. The number of hydrogen-bond donors (Lipinski definition) is 3. The number of benzene rings is 2. The first-order valence-electron chi connectivity index (χ1n) is 13.2. The number of fused-ring (bicyclic) bond motifs is 1. The zero-order chi connectivity index (χ0) is 27.6. The molecule has 0 spiro atoms. The van der Waals surface area contributed by atoms with Crippen LogP contribution in [-0.4, -0.2) is 70.3 Å². The minimum atomic E-state index is -1.74. The van der Waals surface area contributed by atoms with Gasteiger partial charge in [0, 0.05) is 50.0 Å². The molecule has 1 aromatic heterocycles. The highest BCUT2D eigenvalue weighted by molar-refractivity contribution is 6.07. The molecular formula is C29H34N6O4. The van der Waals surface area contributed by atoms with Crippen molar-refractivity contribution in [3.8, 4) is 0 Å². The molecule has 10 heteroatoms. The van der Waals surface area contributed by atoms with Gasteiger partial charge in [-0.1, -0.05) is 54.6 Å². The summed E-state index contributed by atoms with van der Waals surface area (Å²) in [5.41, 5.74) is 1.76. The van der Waals surface area contributed by atoms with Crippen molar-refractivity contribution >= 4 is 23.2 Å². The maximum atomic E-state index is 13.3. The molecule has 1 fully saturated rings. The SMILES string of the molecule is C[C@H](/C=C/CCn1cc(C(CO)c2ccccc2)nn1)[C@@]1(O)C(=O)N(C)c2ccc(N3CCNCC3=O)cc21. The number of carbonyl (C=O) groups excluding carboxylic acids is 2. The number of likely N-dealkylation sites (N-methyl/N-ethyl adjacent to an activating group) is 1. The molecule has 1 saturated heterocycles. The molecule has 0 aliphatic carbocycles. The first-order chi connectivity index (χ1) is 18.8. The number of aromatic nitrogens is 3. The molecule has 2 amide bonds. The first-order valence-corrected chi connectivity index (χ1v) is 13.2. The van der Waals surface area contributed by atoms with Crippen LogP contribution in [0.25, 0.3) is 0 Å². The van der Waals surface area contributed by atoms with Gasteiger partial charge in [0.1, 0.15) is 0 Å². The Labute approximate surface area is 227 Å². The molecule has 5 rings (SSSR count).